The molecule has 0 spiro atoms. The van der Waals surface area contributed by atoms with Gasteiger partial charge < -0.3 is 19.9 Å². The number of halogens is 1. The van der Waals surface area contributed by atoms with Crippen molar-refractivity contribution >= 4 is 30.0 Å². The van der Waals surface area contributed by atoms with Crippen LogP contribution in [0, 0.1) is 0 Å². The average molecular weight is 364 g/mol. The standard InChI is InChI=1S/C19H21NO4.ClH/c1-12(9-13-5-7-18(24-4)16(20)10-13)19(21)15-11-14(22-2)6-8-17(15)23-3;/h5-11H,20H2,1-4H3;1H/b12-9+;. The lowest BCUT2D eigenvalue weighted by atomic mass is 10.0. The SMILES string of the molecule is COc1ccc(OC)c(C(=O)/C(C)=C/c2ccc(OC)c(N)c2)c1.Cl. The molecule has 2 aromatic rings. The molecule has 0 unspecified atom stereocenters. The van der Waals surface area contributed by atoms with Crippen molar-refractivity contribution in [2.75, 3.05) is 27.1 Å². The zero-order valence-corrected chi connectivity index (χ0v) is 15.5. The molecule has 0 aliphatic heterocycles. The number of hydrogen-bond acceptors (Lipinski definition) is 5. The van der Waals surface area contributed by atoms with Crippen molar-refractivity contribution in [1.29, 1.82) is 0 Å². The van der Waals surface area contributed by atoms with Crippen molar-refractivity contribution in [3.63, 3.8) is 0 Å². The van der Waals surface area contributed by atoms with E-state index in [2.05, 4.69) is 0 Å². The lowest BCUT2D eigenvalue weighted by Crippen LogP contribution is -2.04. The Morgan fingerprint density at radius 3 is 2.16 bits per heavy atom. The third-order valence-corrected chi connectivity index (χ3v) is 3.65. The van der Waals surface area contributed by atoms with Gasteiger partial charge >= 0.3 is 0 Å². The van der Waals surface area contributed by atoms with Crippen LogP contribution in [0.4, 0.5) is 5.69 Å². The summed E-state index contributed by atoms with van der Waals surface area (Å²) in [6, 6.07) is 10.5. The lowest BCUT2D eigenvalue weighted by Gasteiger charge is -2.10. The third kappa shape index (κ3) is 4.67. The van der Waals surface area contributed by atoms with Gasteiger partial charge in [-0.25, -0.2) is 0 Å². The van der Waals surface area contributed by atoms with E-state index in [4.69, 9.17) is 19.9 Å². The van der Waals surface area contributed by atoms with Crippen molar-refractivity contribution in [1.82, 2.24) is 0 Å². The first-order valence-corrected chi connectivity index (χ1v) is 7.38. The number of Topliss-reactive ketones (excluding diaryl/α,β-unsaturated/α-hetero) is 1. The molecule has 0 heterocycles. The van der Waals surface area contributed by atoms with Crippen molar-refractivity contribution in [3.05, 3.63) is 53.1 Å². The van der Waals surface area contributed by atoms with Gasteiger partial charge in [-0.1, -0.05) is 6.07 Å². The number of carbonyl (C=O) groups excluding carboxylic acids is 1. The van der Waals surface area contributed by atoms with Gasteiger partial charge in [0.1, 0.15) is 17.2 Å². The van der Waals surface area contributed by atoms with Crippen LogP contribution in [0.15, 0.2) is 42.0 Å². The van der Waals surface area contributed by atoms with Crippen LogP contribution in [0.2, 0.25) is 0 Å². The minimum Gasteiger partial charge on any atom is -0.497 e. The zero-order chi connectivity index (χ0) is 17.7. The molecule has 0 saturated heterocycles. The highest BCUT2D eigenvalue weighted by Crippen LogP contribution is 2.28. The Kier molecular flexibility index (Phi) is 7.33. The summed E-state index contributed by atoms with van der Waals surface area (Å²) in [5.41, 5.74) is 8.25. The molecule has 2 rings (SSSR count). The van der Waals surface area contributed by atoms with Crippen LogP contribution in [0.25, 0.3) is 6.08 Å². The van der Waals surface area contributed by atoms with Crippen molar-refractivity contribution in [2.24, 2.45) is 0 Å². The topological polar surface area (TPSA) is 70.8 Å². The fourth-order valence-electron chi connectivity index (χ4n) is 2.36. The summed E-state index contributed by atoms with van der Waals surface area (Å²) in [6.07, 6.45) is 1.77. The molecule has 0 atom stereocenters. The molecular weight excluding hydrogens is 342 g/mol. The smallest absolute Gasteiger partial charge is 0.192 e. The largest absolute Gasteiger partial charge is 0.497 e. The van der Waals surface area contributed by atoms with Crippen LogP contribution in [-0.4, -0.2) is 27.1 Å². The highest BCUT2D eigenvalue weighted by molar-refractivity contribution is 6.12. The van der Waals surface area contributed by atoms with Gasteiger partial charge in [-0.3, -0.25) is 4.79 Å². The van der Waals surface area contributed by atoms with Gasteiger partial charge in [-0.05, 0) is 54.5 Å². The molecule has 0 fully saturated rings. The van der Waals surface area contributed by atoms with Gasteiger partial charge in [0.15, 0.2) is 5.78 Å². The number of allylic oxidation sites excluding steroid dienone is 1. The van der Waals surface area contributed by atoms with Crippen molar-refractivity contribution < 1.29 is 19.0 Å². The molecule has 6 heteroatoms. The maximum absolute atomic E-state index is 12.7. The Hall–Kier alpha value is -2.66. The Morgan fingerprint density at radius 2 is 1.60 bits per heavy atom. The molecule has 0 aromatic heterocycles. The van der Waals surface area contributed by atoms with Gasteiger partial charge in [0.2, 0.25) is 0 Å². The minimum absolute atomic E-state index is 0. The number of hydrogen-bond donors (Lipinski definition) is 1. The van der Waals surface area contributed by atoms with Crippen LogP contribution >= 0.6 is 12.4 Å². The molecule has 5 nitrogen and oxygen atoms in total. The van der Waals surface area contributed by atoms with E-state index in [0.29, 0.717) is 34.1 Å². The van der Waals surface area contributed by atoms with E-state index in [1.165, 1.54) is 7.11 Å². The Bertz CT molecular complexity index is 787. The molecule has 134 valence electrons. The van der Waals surface area contributed by atoms with Crippen LogP contribution in [0.1, 0.15) is 22.8 Å². The zero-order valence-electron chi connectivity index (χ0n) is 14.7. The number of carbonyl (C=O) groups is 1. The number of nitrogens with two attached hydrogens (primary N) is 1. The third-order valence-electron chi connectivity index (χ3n) is 3.65. The van der Waals surface area contributed by atoms with Crippen molar-refractivity contribution in [2.45, 2.75) is 6.92 Å². The van der Waals surface area contributed by atoms with Gasteiger partial charge in [0.25, 0.3) is 0 Å². The summed E-state index contributed by atoms with van der Waals surface area (Å²) >= 11 is 0. The molecule has 0 saturated carbocycles. The second-order valence-corrected chi connectivity index (χ2v) is 5.22. The highest BCUT2D eigenvalue weighted by Gasteiger charge is 2.15. The van der Waals surface area contributed by atoms with Crippen LogP contribution in [0.5, 0.6) is 17.2 Å². The summed E-state index contributed by atoms with van der Waals surface area (Å²) in [5.74, 6) is 1.56. The number of ketones is 1. The van der Waals surface area contributed by atoms with E-state index in [1.807, 2.05) is 6.07 Å². The van der Waals surface area contributed by atoms with Crippen LogP contribution in [-0.2, 0) is 0 Å². The summed E-state index contributed by atoms with van der Waals surface area (Å²) in [7, 11) is 4.64. The molecule has 25 heavy (non-hydrogen) atoms. The number of methoxy groups -OCH3 is 3. The molecule has 2 aromatic carbocycles. The number of anilines is 1. The Morgan fingerprint density at radius 1 is 0.960 bits per heavy atom. The second-order valence-electron chi connectivity index (χ2n) is 5.22. The molecule has 0 aliphatic carbocycles. The van der Waals surface area contributed by atoms with E-state index in [1.54, 1.807) is 57.6 Å². The average Bonchev–Trinajstić information content (AvgIpc) is 2.60. The van der Waals surface area contributed by atoms with Crippen LogP contribution in [0.3, 0.4) is 0 Å². The summed E-state index contributed by atoms with van der Waals surface area (Å²) in [6.45, 7) is 1.75. The van der Waals surface area contributed by atoms with Gasteiger partial charge in [-0.15, -0.1) is 12.4 Å². The minimum atomic E-state index is -0.139. The van der Waals surface area contributed by atoms with E-state index in [0.717, 1.165) is 5.56 Å². The number of nitrogen functional groups attached to an aromatic ring is 1. The van der Waals surface area contributed by atoms with Gasteiger partial charge in [0.05, 0.1) is 32.6 Å². The molecule has 0 amide bonds. The quantitative estimate of drug-likeness (QED) is 0.477. The molecular formula is C19H22ClNO4. The predicted molar refractivity (Wildman–Crippen MR) is 102 cm³/mol. The van der Waals surface area contributed by atoms with Gasteiger partial charge in [-0.2, -0.15) is 0 Å². The number of rotatable bonds is 6. The van der Waals surface area contributed by atoms with E-state index >= 15 is 0 Å². The van der Waals surface area contributed by atoms with E-state index in [-0.39, 0.29) is 18.2 Å². The first-order chi connectivity index (χ1) is 11.5. The molecule has 0 bridgehead atoms. The maximum atomic E-state index is 12.7. The Balaban J connectivity index is 0.00000312. The number of ether oxygens (including phenoxy) is 3. The van der Waals surface area contributed by atoms with E-state index in [9.17, 15) is 4.79 Å². The van der Waals surface area contributed by atoms with E-state index < -0.39 is 0 Å². The first kappa shape index (κ1) is 20.4. The monoisotopic (exact) mass is 363 g/mol. The van der Waals surface area contributed by atoms with Crippen molar-refractivity contribution in [3.8, 4) is 17.2 Å². The summed E-state index contributed by atoms with van der Waals surface area (Å²) in [4.78, 5) is 12.7. The van der Waals surface area contributed by atoms with Crippen LogP contribution < -0.4 is 19.9 Å². The maximum Gasteiger partial charge on any atom is 0.192 e. The first-order valence-electron chi connectivity index (χ1n) is 7.38. The fraction of sp³-hybridized carbons (Fsp3) is 0.211. The second kappa shape index (κ2) is 8.99. The fourth-order valence-corrected chi connectivity index (χ4v) is 2.36. The molecule has 2 N–H and O–H groups in total. The predicted octanol–water partition coefficient (Wildman–Crippen LogP) is 4.00. The molecule has 0 radical (unpaired) electrons. The summed E-state index contributed by atoms with van der Waals surface area (Å²) in [5, 5.41) is 0. The lowest BCUT2D eigenvalue weighted by molar-refractivity contribution is 0.103. The molecule has 0 aliphatic rings. The van der Waals surface area contributed by atoms with Gasteiger partial charge in [0, 0.05) is 0 Å². The Labute approximate surface area is 153 Å². The highest BCUT2D eigenvalue weighted by atomic mass is 35.5. The summed E-state index contributed by atoms with van der Waals surface area (Å²) < 4.78 is 15.6. The normalized spacial score (nSPS) is 10.6. The number of benzene rings is 2.